The summed E-state index contributed by atoms with van der Waals surface area (Å²) >= 11 is 0. The van der Waals surface area contributed by atoms with Gasteiger partial charge in [-0.15, -0.1) is 12.4 Å². The molecule has 1 heterocycles. The second-order valence-corrected chi connectivity index (χ2v) is 5.78. The minimum atomic E-state index is -0.416. The largest absolute Gasteiger partial charge is 0.384 e. The zero-order chi connectivity index (χ0) is 14.4. The number of hydrogen-bond donors (Lipinski definition) is 3. The van der Waals surface area contributed by atoms with E-state index in [-0.39, 0.29) is 30.1 Å². The highest BCUT2D eigenvalue weighted by Gasteiger charge is 2.39. The maximum atomic E-state index is 12.4. The highest BCUT2D eigenvalue weighted by Crippen LogP contribution is 2.29. The fourth-order valence-corrected chi connectivity index (χ4v) is 2.66. The molecule has 2 fully saturated rings. The molecule has 1 saturated carbocycles. The standard InChI is InChI=1S/C14H25N3O3.ClH/c1-20-10-14(4-6-15-7-5-14)13(19)17-9-8-16-12(18)11-2-3-11;/h11,15H,2-10H2,1H3,(H,16,18)(H,17,19);1H. The van der Waals surface area contributed by atoms with E-state index in [9.17, 15) is 9.59 Å². The molecule has 0 radical (unpaired) electrons. The van der Waals surface area contributed by atoms with E-state index in [2.05, 4.69) is 16.0 Å². The van der Waals surface area contributed by atoms with Gasteiger partial charge < -0.3 is 20.7 Å². The summed E-state index contributed by atoms with van der Waals surface area (Å²) in [6.07, 6.45) is 3.59. The number of piperidine rings is 1. The molecule has 122 valence electrons. The quantitative estimate of drug-likeness (QED) is 0.580. The summed E-state index contributed by atoms with van der Waals surface area (Å²) in [6, 6.07) is 0. The number of halogens is 1. The van der Waals surface area contributed by atoms with Crippen molar-refractivity contribution in [3.05, 3.63) is 0 Å². The van der Waals surface area contributed by atoms with Crippen molar-refractivity contribution in [2.75, 3.05) is 39.9 Å². The van der Waals surface area contributed by atoms with Crippen molar-refractivity contribution in [3.8, 4) is 0 Å². The van der Waals surface area contributed by atoms with Gasteiger partial charge >= 0.3 is 0 Å². The van der Waals surface area contributed by atoms with Crippen LogP contribution in [0.4, 0.5) is 0 Å². The van der Waals surface area contributed by atoms with Crippen molar-refractivity contribution >= 4 is 24.2 Å². The monoisotopic (exact) mass is 319 g/mol. The van der Waals surface area contributed by atoms with Crippen LogP contribution in [0.15, 0.2) is 0 Å². The predicted molar refractivity (Wildman–Crippen MR) is 82.4 cm³/mol. The summed E-state index contributed by atoms with van der Waals surface area (Å²) in [4.78, 5) is 23.8. The van der Waals surface area contributed by atoms with E-state index in [0.717, 1.165) is 38.8 Å². The lowest BCUT2D eigenvalue weighted by Crippen LogP contribution is -2.51. The van der Waals surface area contributed by atoms with E-state index in [1.54, 1.807) is 7.11 Å². The van der Waals surface area contributed by atoms with Gasteiger partial charge in [0.25, 0.3) is 0 Å². The fraction of sp³-hybridized carbons (Fsp3) is 0.857. The molecular formula is C14H26ClN3O3. The van der Waals surface area contributed by atoms with Gasteiger partial charge in [-0.2, -0.15) is 0 Å². The Morgan fingerprint density at radius 1 is 1.19 bits per heavy atom. The molecule has 6 nitrogen and oxygen atoms in total. The Balaban J connectivity index is 0.00000220. The lowest BCUT2D eigenvalue weighted by Gasteiger charge is -2.35. The van der Waals surface area contributed by atoms with Crippen molar-refractivity contribution in [1.82, 2.24) is 16.0 Å². The van der Waals surface area contributed by atoms with Crippen LogP contribution < -0.4 is 16.0 Å². The first-order valence-electron chi connectivity index (χ1n) is 7.44. The Morgan fingerprint density at radius 3 is 2.38 bits per heavy atom. The van der Waals surface area contributed by atoms with Gasteiger partial charge in [0.15, 0.2) is 0 Å². The summed E-state index contributed by atoms with van der Waals surface area (Å²) < 4.78 is 5.23. The maximum Gasteiger partial charge on any atom is 0.228 e. The van der Waals surface area contributed by atoms with E-state index in [1.807, 2.05) is 0 Å². The van der Waals surface area contributed by atoms with Gasteiger partial charge in [-0.05, 0) is 38.8 Å². The van der Waals surface area contributed by atoms with Crippen LogP contribution in [0.5, 0.6) is 0 Å². The van der Waals surface area contributed by atoms with Crippen molar-refractivity contribution in [2.45, 2.75) is 25.7 Å². The topological polar surface area (TPSA) is 79.5 Å². The number of amides is 2. The summed E-state index contributed by atoms with van der Waals surface area (Å²) in [5.74, 6) is 0.379. The molecule has 0 aromatic heterocycles. The number of nitrogens with one attached hydrogen (secondary N) is 3. The molecular weight excluding hydrogens is 294 g/mol. The number of carbonyl (C=O) groups excluding carboxylic acids is 2. The molecule has 0 bridgehead atoms. The van der Waals surface area contributed by atoms with Crippen LogP contribution in [-0.4, -0.2) is 51.7 Å². The van der Waals surface area contributed by atoms with Gasteiger partial charge in [-0.1, -0.05) is 0 Å². The van der Waals surface area contributed by atoms with Crippen LogP contribution >= 0.6 is 12.4 Å². The smallest absolute Gasteiger partial charge is 0.228 e. The molecule has 3 N–H and O–H groups in total. The van der Waals surface area contributed by atoms with Gasteiger partial charge in [-0.25, -0.2) is 0 Å². The summed E-state index contributed by atoms with van der Waals surface area (Å²) in [6.45, 7) is 3.12. The Labute approximate surface area is 132 Å². The number of hydrogen-bond acceptors (Lipinski definition) is 4. The highest BCUT2D eigenvalue weighted by atomic mass is 35.5. The van der Waals surface area contributed by atoms with Crippen LogP contribution in [0.2, 0.25) is 0 Å². The van der Waals surface area contributed by atoms with Gasteiger partial charge in [0.1, 0.15) is 0 Å². The molecule has 21 heavy (non-hydrogen) atoms. The second-order valence-electron chi connectivity index (χ2n) is 5.78. The SMILES string of the molecule is COCC1(C(=O)NCCNC(=O)C2CC2)CCNCC1.Cl. The fourth-order valence-electron chi connectivity index (χ4n) is 2.66. The average Bonchev–Trinajstić information content (AvgIpc) is 3.29. The lowest BCUT2D eigenvalue weighted by atomic mass is 9.78. The minimum Gasteiger partial charge on any atom is -0.384 e. The third-order valence-electron chi connectivity index (χ3n) is 4.12. The lowest BCUT2D eigenvalue weighted by molar-refractivity contribution is -0.136. The van der Waals surface area contributed by atoms with Crippen LogP contribution in [0.1, 0.15) is 25.7 Å². The first-order chi connectivity index (χ1) is 9.68. The van der Waals surface area contributed by atoms with Crippen LogP contribution in [0, 0.1) is 11.3 Å². The predicted octanol–water partition coefficient (Wildman–Crippen LogP) is 0.0668. The molecule has 2 rings (SSSR count). The third-order valence-corrected chi connectivity index (χ3v) is 4.12. The first-order valence-corrected chi connectivity index (χ1v) is 7.44. The van der Waals surface area contributed by atoms with E-state index in [1.165, 1.54) is 0 Å². The van der Waals surface area contributed by atoms with E-state index >= 15 is 0 Å². The van der Waals surface area contributed by atoms with Crippen LogP contribution in [-0.2, 0) is 14.3 Å². The third kappa shape index (κ3) is 5.13. The van der Waals surface area contributed by atoms with E-state index in [4.69, 9.17) is 4.74 Å². The Morgan fingerprint density at radius 2 is 1.81 bits per heavy atom. The Kier molecular flexibility index (Phi) is 7.42. The second kappa shape index (κ2) is 8.56. The van der Waals surface area contributed by atoms with Crippen LogP contribution in [0.25, 0.3) is 0 Å². The Hall–Kier alpha value is -0.850. The van der Waals surface area contributed by atoms with Crippen molar-refractivity contribution in [1.29, 1.82) is 0 Å². The molecule has 0 aromatic rings. The van der Waals surface area contributed by atoms with Gasteiger partial charge in [-0.3, -0.25) is 9.59 Å². The number of rotatable bonds is 7. The molecule has 1 saturated heterocycles. The molecule has 0 spiro atoms. The molecule has 0 aromatic carbocycles. The summed E-state index contributed by atoms with van der Waals surface area (Å²) in [5.41, 5.74) is -0.416. The molecule has 0 atom stereocenters. The summed E-state index contributed by atoms with van der Waals surface area (Å²) in [7, 11) is 1.63. The number of carbonyl (C=O) groups is 2. The molecule has 0 unspecified atom stereocenters. The van der Waals surface area contributed by atoms with E-state index < -0.39 is 5.41 Å². The molecule has 7 heteroatoms. The molecule has 1 aliphatic heterocycles. The van der Waals surface area contributed by atoms with Gasteiger partial charge in [0, 0.05) is 26.1 Å². The molecule has 2 amide bonds. The first kappa shape index (κ1) is 18.2. The normalized spacial score (nSPS) is 20.2. The van der Waals surface area contributed by atoms with Crippen LogP contribution in [0.3, 0.4) is 0 Å². The van der Waals surface area contributed by atoms with Gasteiger partial charge in [0.05, 0.1) is 12.0 Å². The number of ether oxygens (including phenoxy) is 1. The Bertz CT molecular complexity index is 350. The molecule has 1 aliphatic carbocycles. The average molecular weight is 320 g/mol. The zero-order valence-corrected chi connectivity index (χ0v) is 13.4. The minimum absolute atomic E-state index is 0. The zero-order valence-electron chi connectivity index (χ0n) is 12.6. The maximum absolute atomic E-state index is 12.4. The van der Waals surface area contributed by atoms with Gasteiger partial charge in [0.2, 0.25) is 11.8 Å². The molecule has 2 aliphatic rings. The summed E-state index contributed by atoms with van der Waals surface area (Å²) in [5, 5.41) is 9.04. The van der Waals surface area contributed by atoms with Crippen molar-refractivity contribution in [2.24, 2.45) is 11.3 Å². The van der Waals surface area contributed by atoms with Crippen molar-refractivity contribution < 1.29 is 14.3 Å². The van der Waals surface area contributed by atoms with Crippen molar-refractivity contribution in [3.63, 3.8) is 0 Å². The van der Waals surface area contributed by atoms with E-state index in [0.29, 0.717) is 19.7 Å². The number of methoxy groups -OCH3 is 1. The highest BCUT2D eigenvalue weighted by molar-refractivity contribution is 5.85.